The minimum Gasteiger partial charge on any atom is -0.395 e. The van der Waals surface area contributed by atoms with Crippen molar-refractivity contribution in [2.75, 3.05) is 59.0 Å². The van der Waals surface area contributed by atoms with E-state index in [1.54, 1.807) is 4.90 Å². The maximum Gasteiger partial charge on any atom is 0.327 e. The molecule has 3 heterocycles. The molecule has 0 spiro atoms. The number of urea groups is 1. The Morgan fingerprint density at radius 3 is 2.22 bits per heavy atom. The van der Waals surface area contributed by atoms with Crippen molar-refractivity contribution in [3.8, 4) is 0 Å². The van der Waals surface area contributed by atoms with E-state index in [9.17, 15) is 9.59 Å². The van der Waals surface area contributed by atoms with Crippen LogP contribution in [0.3, 0.4) is 0 Å². The molecule has 7 heteroatoms. The van der Waals surface area contributed by atoms with Crippen LogP contribution in [0.15, 0.2) is 0 Å². The number of amides is 3. The van der Waals surface area contributed by atoms with Crippen molar-refractivity contribution in [3.05, 3.63) is 0 Å². The van der Waals surface area contributed by atoms with Crippen LogP contribution in [0.25, 0.3) is 0 Å². The minimum atomic E-state index is -0.165. The summed E-state index contributed by atoms with van der Waals surface area (Å²) in [5.74, 6) is 0.0186. The van der Waals surface area contributed by atoms with E-state index in [4.69, 9.17) is 5.11 Å². The lowest BCUT2D eigenvalue weighted by Gasteiger charge is -2.34. The molecule has 3 saturated heterocycles. The van der Waals surface area contributed by atoms with Crippen LogP contribution in [0.5, 0.6) is 0 Å². The van der Waals surface area contributed by atoms with Crippen LogP contribution in [-0.4, -0.2) is 102 Å². The molecule has 0 aliphatic carbocycles. The van der Waals surface area contributed by atoms with Gasteiger partial charge in [0.1, 0.15) is 6.04 Å². The topological polar surface area (TPSA) is 67.3 Å². The number of piperazine rings is 1. The zero-order valence-electron chi connectivity index (χ0n) is 13.8. The first-order chi connectivity index (χ1) is 11.2. The van der Waals surface area contributed by atoms with Gasteiger partial charge in [0.15, 0.2) is 0 Å². The van der Waals surface area contributed by atoms with Crippen molar-refractivity contribution in [3.63, 3.8) is 0 Å². The zero-order chi connectivity index (χ0) is 16.2. The maximum absolute atomic E-state index is 12.2. The molecule has 0 radical (unpaired) electrons. The van der Waals surface area contributed by atoms with E-state index in [-0.39, 0.29) is 24.6 Å². The summed E-state index contributed by atoms with van der Waals surface area (Å²) < 4.78 is 0. The van der Waals surface area contributed by atoms with Crippen molar-refractivity contribution in [1.82, 2.24) is 19.6 Å². The van der Waals surface area contributed by atoms with Gasteiger partial charge in [-0.15, -0.1) is 0 Å². The molecule has 0 saturated carbocycles. The Morgan fingerprint density at radius 2 is 1.57 bits per heavy atom. The van der Waals surface area contributed by atoms with Gasteiger partial charge in [-0.05, 0) is 32.2 Å². The van der Waals surface area contributed by atoms with E-state index in [1.165, 1.54) is 4.90 Å². The summed E-state index contributed by atoms with van der Waals surface area (Å²) >= 11 is 0. The van der Waals surface area contributed by atoms with E-state index >= 15 is 0 Å². The van der Waals surface area contributed by atoms with Gasteiger partial charge in [0.05, 0.1) is 6.61 Å². The number of carbonyl (C=O) groups is 2. The summed E-state index contributed by atoms with van der Waals surface area (Å²) in [6, 6.07) is -0.239. The molecule has 23 heavy (non-hydrogen) atoms. The number of hydrogen-bond donors (Lipinski definition) is 1. The first-order valence-corrected chi connectivity index (χ1v) is 8.88. The van der Waals surface area contributed by atoms with Gasteiger partial charge < -0.3 is 14.9 Å². The zero-order valence-corrected chi connectivity index (χ0v) is 13.8. The van der Waals surface area contributed by atoms with E-state index < -0.39 is 0 Å². The molecule has 1 atom stereocenters. The second-order valence-corrected chi connectivity index (χ2v) is 6.74. The second-order valence-electron chi connectivity index (χ2n) is 6.74. The fraction of sp³-hybridized carbons (Fsp3) is 0.875. The highest BCUT2D eigenvalue weighted by Gasteiger charge is 2.46. The molecule has 3 aliphatic rings. The number of fused-ring (bicyclic) bond motifs is 1. The third-order valence-electron chi connectivity index (χ3n) is 5.27. The van der Waals surface area contributed by atoms with Crippen LogP contribution in [-0.2, 0) is 4.79 Å². The van der Waals surface area contributed by atoms with Crippen molar-refractivity contribution in [2.45, 2.75) is 31.7 Å². The average Bonchev–Trinajstić information content (AvgIpc) is 3.12. The summed E-state index contributed by atoms with van der Waals surface area (Å²) in [4.78, 5) is 32.3. The van der Waals surface area contributed by atoms with Gasteiger partial charge in [0.2, 0.25) is 0 Å². The number of aliphatic hydroxyl groups is 1. The van der Waals surface area contributed by atoms with Crippen molar-refractivity contribution >= 4 is 11.9 Å². The Hall–Kier alpha value is -1.18. The van der Waals surface area contributed by atoms with Gasteiger partial charge >= 0.3 is 6.03 Å². The van der Waals surface area contributed by atoms with Gasteiger partial charge in [-0.3, -0.25) is 14.6 Å². The molecule has 3 aliphatic heterocycles. The predicted molar refractivity (Wildman–Crippen MR) is 86.0 cm³/mol. The van der Waals surface area contributed by atoms with E-state index in [1.807, 2.05) is 0 Å². The normalized spacial score (nSPS) is 26.4. The van der Waals surface area contributed by atoms with Crippen LogP contribution in [0.2, 0.25) is 0 Å². The van der Waals surface area contributed by atoms with Gasteiger partial charge in [0, 0.05) is 45.8 Å². The van der Waals surface area contributed by atoms with E-state index in [2.05, 4.69) is 9.80 Å². The number of hydrogen-bond acceptors (Lipinski definition) is 5. The highest BCUT2D eigenvalue weighted by molar-refractivity contribution is 6.04. The molecular formula is C16H28N4O3. The summed E-state index contributed by atoms with van der Waals surface area (Å²) in [5.41, 5.74) is 0. The maximum atomic E-state index is 12.2. The average molecular weight is 324 g/mol. The molecular weight excluding hydrogens is 296 g/mol. The van der Waals surface area contributed by atoms with E-state index in [0.29, 0.717) is 6.54 Å². The fourth-order valence-electron chi connectivity index (χ4n) is 3.87. The van der Waals surface area contributed by atoms with Gasteiger partial charge in [0.25, 0.3) is 5.91 Å². The molecule has 0 aromatic rings. The van der Waals surface area contributed by atoms with Crippen molar-refractivity contribution < 1.29 is 14.7 Å². The van der Waals surface area contributed by atoms with Gasteiger partial charge in [-0.2, -0.15) is 0 Å². The molecule has 130 valence electrons. The Bertz CT molecular complexity index is 415. The largest absolute Gasteiger partial charge is 0.395 e. The molecule has 0 unspecified atom stereocenters. The smallest absolute Gasteiger partial charge is 0.327 e. The van der Waals surface area contributed by atoms with E-state index in [0.717, 1.165) is 71.5 Å². The molecule has 1 N–H and O–H groups in total. The first-order valence-electron chi connectivity index (χ1n) is 8.88. The number of imide groups is 1. The van der Waals surface area contributed by atoms with Crippen LogP contribution in [0.1, 0.15) is 25.7 Å². The third kappa shape index (κ3) is 3.67. The lowest BCUT2D eigenvalue weighted by molar-refractivity contribution is -0.128. The Kier molecular flexibility index (Phi) is 5.50. The molecule has 3 fully saturated rings. The number of nitrogens with zero attached hydrogens (tertiary/aromatic N) is 4. The second kappa shape index (κ2) is 7.59. The van der Waals surface area contributed by atoms with Gasteiger partial charge in [-0.25, -0.2) is 4.79 Å². The summed E-state index contributed by atoms with van der Waals surface area (Å²) in [6.45, 7) is 7.44. The summed E-state index contributed by atoms with van der Waals surface area (Å²) in [6.07, 6.45) is 3.69. The minimum absolute atomic E-state index is 0.0186. The van der Waals surface area contributed by atoms with Crippen LogP contribution in [0, 0.1) is 0 Å². The predicted octanol–water partition coefficient (Wildman–Crippen LogP) is -0.197. The highest BCUT2D eigenvalue weighted by Crippen LogP contribution is 2.27. The molecule has 7 nitrogen and oxygen atoms in total. The lowest BCUT2D eigenvalue weighted by atomic mass is 10.2. The Labute approximate surface area is 137 Å². The molecule has 0 bridgehead atoms. The van der Waals surface area contributed by atoms with Crippen molar-refractivity contribution in [1.29, 1.82) is 0 Å². The number of β-amino-alcohol motifs (C(OH)–C–C–N with tert-alkyl or cyclic N) is 1. The molecule has 0 aromatic heterocycles. The van der Waals surface area contributed by atoms with Crippen LogP contribution in [0.4, 0.5) is 4.79 Å². The fourth-order valence-corrected chi connectivity index (χ4v) is 3.87. The lowest BCUT2D eigenvalue weighted by Crippen LogP contribution is -2.47. The summed E-state index contributed by atoms with van der Waals surface area (Å²) in [5, 5.41) is 8.95. The molecule has 3 rings (SSSR count). The Morgan fingerprint density at radius 1 is 0.913 bits per heavy atom. The summed E-state index contributed by atoms with van der Waals surface area (Å²) in [7, 11) is 0. The number of unbranched alkanes of at least 4 members (excludes halogenated alkanes) is 1. The Balaban J connectivity index is 1.33. The first kappa shape index (κ1) is 16.7. The standard InChI is InChI=1S/C16H28N4O3/c21-13-12-18-10-8-17(9-11-18)5-1-2-6-20-15(22)14-4-3-7-19(14)16(20)23/h14,21H,1-13H2/t14-/m0/s1. The number of aliphatic hydroxyl groups excluding tert-OH is 1. The van der Waals surface area contributed by atoms with Crippen LogP contribution >= 0.6 is 0 Å². The highest BCUT2D eigenvalue weighted by atomic mass is 16.3. The SMILES string of the molecule is O=C1[C@@H]2CCCN2C(=O)N1CCCCN1CCN(CCO)CC1. The van der Waals surface area contributed by atoms with Crippen molar-refractivity contribution in [2.24, 2.45) is 0 Å². The molecule has 3 amide bonds. The molecule has 0 aromatic carbocycles. The van der Waals surface area contributed by atoms with Crippen LogP contribution < -0.4 is 0 Å². The monoisotopic (exact) mass is 324 g/mol. The van der Waals surface area contributed by atoms with Gasteiger partial charge in [-0.1, -0.05) is 0 Å². The quantitative estimate of drug-likeness (QED) is 0.519. The number of rotatable bonds is 7. The number of carbonyl (C=O) groups excluding carboxylic acids is 2. The third-order valence-corrected chi connectivity index (χ3v) is 5.27.